The molecule has 12 heavy (non-hydrogen) atoms. The molecular formula is C9H15N3. The number of hydrogen-bond acceptors (Lipinski definition) is 2. The van der Waals surface area contributed by atoms with Crippen LogP contribution in [-0.4, -0.2) is 14.8 Å². The van der Waals surface area contributed by atoms with Gasteiger partial charge in [-0.3, -0.25) is 0 Å². The lowest BCUT2D eigenvalue weighted by atomic mass is 10.1. The van der Waals surface area contributed by atoms with Gasteiger partial charge in [0.1, 0.15) is 11.6 Å². The molecule has 0 saturated heterocycles. The third-order valence-corrected chi connectivity index (χ3v) is 2.40. The van der Waals surface area contributed by atoms with Crippen LogP contribution in [0.5, 0.6) is 0 Å². The zero-order valence-corrected chi connectivity index (χ0v) is 7.91. The van der Waals surface area contributed by atoms with Crippen molar-refractivity contribution in [3.63, 3.8) is 0 Å². The Bertz CT molecular complexity index is 288. The monoisotopic (exact) mass is 165 g/mol. The summed E-state index contributed by atoms with van der Waals surface area (Å²) in [6.45, 7) is 7.70. The molecule has 3 nitrogen and oxygen atoms in total. The van der Waals surface area contributed by atoms with Gasteiger partial charge < -0.3 is 4.57 Å². The van der Waals surface area contributed by atoms with E-state index < -0.39 is 0 Å². The van der Waals surface area contributed by atoms with Crippen molar-refractivity contribution in [2.75, 3.05) is 0 Å². The molecule has 1 aromatic rings. The van der Waals surface area contributed by atoms with E-state index in [1.165, 1.54) is 5.82 Å². The Kier molecular flexibility index (Phi) is 1.67. The summed E-state index contributed by atoms with van der Waals surface area (Å²) in [6, 6.07) is 0. The van der Waals surface area contributed by atoms with E-state index >= 15 is 0 Å². The van der Waals surface area contributed by atoms with Gasteiger partial charge in [0, 0.05) is 18.9 Å². The molecule has 0 radical (unpaired) electrons. The van der Waals surface area contributed by atoms with Crippen LogP contribution >= 0.6 is 0 Å². The van der Waals surface area contributed by atoms with Gasteiger partial charge in [-0.2, -0.15) is 0 Å². The van der Waals surface area contributed by atoms with Crippen LogP contribution in [0, 0.1) is 5.92 Å². The first-order chi connectivity index (χ1) is 5.68. The Labute approximate surface area is 72.8 Å². The summed E-state index contributed by atoms with van der Waals surface area (Å²) < 4.78 is 2.27. The maximum Gasteiger partial charge on any atom is 0.135 e. The summed E-state index contributed by atoms with van der Waals surface area (Å²) >= 11 is 0. The zero-order chi connectivity index (χ0) is 8.72. The molecule has 1 aliphatic rings. The average molecular weight is 165 g/mol. The van der Waals surface area contributed by atoms with Gasteiger partial charge in [-0.05, 0) is 5.92 Å². The molecule has 1 aromatic heterocycles. The highest BCUT2D eigenvalue weighted by molar-refractivity contribution is 5.04. The first-order valence-corrected chi connectivity index (χ1v) is 4.60. The van der Waals surface area contributed by atoms with Gasteiger partial charge in [-0.1, -0.05) is 20.8 Å². The van der Waals surface area contributed by atoms with E-state index in [1.54, 1.807) is 0 Å². The normalized spacial score (nSPS) is 21.8. The lowest BCUT2D eigenvalue weighted by Gasteiger charge is -2.06. The smallest absolute Gasteiger partial charge is 0.135 e. The summed E-state index contributed by atoms with van der Waals surface area (Å²) in [6.07, 6.45) is 1.10. The molecule has 0 bridgehead atoms. The summed E-state index contributed by atoms with van der Waals surface area (Å²) in [7, 11) is 0. The van der Waals surface area contributed by atoms with Crippen molar-refractivity contribution in [1.82, 2.24) is 14.8 Å². The third kappa shape index (κ3) is 1.04. The molecular weight excluding hydrogens is 150 g/mol. The lowest BCUT2D eigenvalue weighted by molar-refractivity contribution is 0.534. The number of aromatic nitrogens is 3. The van der Waals surface area contributed by atoms with Crippen LogP contribution in [0.15, 0.2) is 0 Å². The number of hydrogen-bond donors (Lipinski definition) is 0. The molecule has 0 amide bonds. The summed E-state index contributed by atoms with van der Waals surface area (Å²) in [5.41, 5.74) is 0. The Morgan fingerprint density at radius 1 is 1.42 bits per heavy atom. The largest absolute Gasteiger partial charge is 0.314 e. The van der Waals surface area contributed by atoms with Crippen molar-refractivity contribution in [3.05, 3.63) is 11.6 Å². The zero-order valence-electron chi connectivity index (χ0n) is 7.91. The predicted molar refractivity (Wildman–Crippen MR) is 47.0 cm³/mol. The molecule has 1 aliphatic heterocycles. The number of rotatable bonds is 1. The van der Waals surface area contributed by atoms with Crippen LogP contribution in [0.2, 0.25) is 0 Å². The highest BCUT2D eigenvalue weighted by Gasteiger charge is 2.23. The van der Waals surface area contributed by atoms with Crippen molar-refractivity contribution in [2.24, 2.45) is 5.92 Å². The first-order valence-electron chi connectivity index (χ1n) is 4.60. The maximum atomic E-state index is 4.18. The molecule has 0 spiro atoms. The van der Waals surface area contributed by atoms with Crippen molar-refractivity contribution >= 4 is 0 Å². The SMILES string of the molecule is CC(C)c1nnc2n1C[C@@H](C)C2. The number of nitrogens with zero attached hydrogens (tertiary/aromatic N) is 3. The predicted octanol–water partition coefficient (Wildman–Crippen LogP) is 1.59. The molecule has 0 saturated carbocycles. The Morgan fingerprint density at radius 2 is 2.17 bits per heavy atom. The lowest BCUT2D eigenvalue weighted by Crippen LogP contribution is -2.05. The van der Waals surface area contributed by atoms with Crippen molar-refractivity contribution in [3.8, 4) is 0 Å². The summed E-state index contributed by atoms with van der Waals surface area (Å²) in [5, 5.41) is 8.37. The van der Waals surface area contributed by atoms with Gasteiger partial charge >= 0.3 is 0 Å². The first kappa shape index (κ1) is 7.77. The van der Waals surface area contributed by atoms with E-state index in [4.69, 9.17) is 0 Å². The minimum Gasteiger partial charge on any atom is -0.314 e. The van der Waals surface area contributed by atoms with E-state index in [0.717, 1.165) is 24.7 Å². The minimum absolute atomic E-state index is 0.497. The standard InChI is InChI=1S/C9H15N3/c1-6(2)9-11-10-8-4-7(3)5-12(8)9/h6-7H,4-5H2,1-3H3/t7-/m0/s1. The van der Waals surface area contributed by atoms with E-state index in [9.17, 15) is 0 Å². The van der Waals surface area contributed by atoms with E-state index in [0.29, 0.717) is 5.92 Å². The quantitative estimate of drug-likeness (QED) is 0.632. The van der Waals surface area contributed by atoms with Crippen molar-refractivity contribution in [1.29, 1.82) is 0 Å². The molecule has 3 heteroatoms. The second kappa shape index (κ2) is 2.57. The molecule has 0 unspecified atom stereocenters. The summed E-state index contributed by atoms with van der Waals surface area (Å²) in [5.74, 6) is 3.56. The summed E-state index contributed by atoms with van der Waals surface area (Å²) in [4.78, 5) is 0. The van der Waals surface area contributed by atoms with Gasteiger partial charge in [0.15, 0.2) is 0 Å². The molecule has 0 N–H and O–H groups in total. The number of fused-ring (bicyclic) bond motifs is 1. The van der Waals surface area contributed by atoms with Gasteiger partial charge in [0.05, 0.1) is 0 Å². The molecule has 2 heterocycles. The van der Waals surface area contributed by atoms with E-state index in [-0.39, 0.29) is 0 Å². The third-order valence-electron chi connectivity index (χ3n) is 2.40. The molecule has 1 atom stereocenters. The van der Waals surface area contributed by atoms with Crippen LogP contribution in [0.25, 0.3) is 0 Å². The van der Waals surface area contributed by atoms with Crippen LogP contribution < -0.4 is 0 Å². The Balaban J connectivity index is 2.37. The molecule has 0 fully saturated rings. The second-order valence-corrected chi connectivity index (χ2v) is 4.05. The highest BCUT2D eigenvalue weighted by Crippen LogP contribution is 2.23. The van der Waals surface area contributed by atoms with Gasteiger partial charge in [0.2, 0.25) is 0 Å². The topological polar surface area (TPSA) is 30.7 Å². The molecule has 2 rings (SSSR count). The van der Waals surface area contributed by atoms with Crippen LogP contribution in [-0.2, 0) is 13.0 Å². The minimum atomic E-state index is 0.497. The van der Waals surface area contributed by atoms with Crippen LogP contribution in [0.1, 0.15) is 38.3 Å². The molecule has 0 aliphatic carbocycles. The van der Waals surface area contributed by atoms with Crippen LogP contribution in [0.4, 0.5) is 0 Å². The Hall–Kier alpha value is -0.860. The molecule has 0 aromatic carbocycles. The fraction of sp³-hybridized carbons (Fsp3) is 0.778. The average Bonchev–Trinajstić information content (AvgIpc) is 2.43. The highest BCUT2D eigenvalue weighted by atomic mass is 15.3. The fourth-order valence-electron chi connectivity index (χ4n) is 1.81. The van der Waals surface area contributed by atoms with Gasteiger partial charge in [-0.15, -0.1) is 10.2 Å². The second-order valence-electron chi connectivity index (χ2n) is 4.05. The van der Waals surface area contributed by atoms with Crippen molar-refractivity contribution < 1.29 is 0 Å². The van der Waals surface area contributed by atoms with E-state index in [1.807, 2.05) is 0 Å². The van der Waals surface area contributed by atoms with Gasteiger partial charge in [0.25, 0.3) is 0 Å². The van der Waals surface area contributed by atoms with Crippen molar-refractivity contribution in [2.45, 2.75) is 39.7 Å². The Morgan fingerprint density at radius 3 is 2.83 bits per heavy atom. The molecule has 66 valence electrons. The van der Waals surface area contributed by atoms with Crippen LogP contribution in [0.3, 0.4) is 0 Å². The maximum absolute atomic E-state index is 4.18. The fourth-order valence-corrected chi connectivity index (χ4v) is 1.81. The van der Waals surface area contributed by atoms with Gasteiger partial charge in [-0.25, -0.2) is 0 Å². The van der Waals surface area contributed by atoms with E-state index in [2.05, 4.69) is 35.5 Å².